The molecule has 0 aliphatic carbocycles. The molecule has 0 fully saturated rings. The van der Waals surface area contributed by atoms with E-state index in [0.29, 0.717) is 30.4 Å². The predicted molar refractivity (Wildman–Crippen MR) is 84.1 cm³/mol. The number of aryl methyl sites for hydroxylation is 1. The van der Waals surface area contributed by atoms with Gasteiger partial charge in [-0.05, 0) is 32.8 Å². The van der Waals surface area contributed by atoms with Crippen molar-refractivity contribution in [3.05, 3.63) is 16.0 Å². The maximum atomic E-state index is 12.1. The molecule has 1 amide bonds. The number of thiophene rings is 1. The van der Waals surface area contributed by atoms with Crippen LogP contribution in [0.3, 0.4) is 0 Å². The van der Waals surface area contributed by atoms with Crippen molar-refractivity contribution >= 4 is 28.2 Å². The van der Waals surface area contributed by atoms with Crippen LogP contribution in [0.5, 0.6) is 0 Å². The van der Waals surface area contributed by atoms with E-state index in [4.69, 9.17) is 9.47 Å². The normalized spacial score (nSPS) is 10.5. The molecule has 1 aromatic rings. The van der Waals surface area contributed by atoms with E-state index < -0.39 is 0 Å². The highest BCUT2D eigenvalue weighted by atomic mass is 32.1. The van der Waals surface area contributed by atoms with E-state index in [2.05, 4.69) is 5.32 Å². The van der Waals surface area contributed by atoms with Gasteiger partial charge in [0.15, 0.2) is 0 Å². The Hall–Kier alpha value is -1.40. The molecule has 0 spiro atoms. The molecule has 118 valence electrons. The monoisotopic (exact) mass is 313 g/mol. The lowest BCUT2D eigenvalue weighted by Crippen LogP contribution is -2.16. The summed E-state index contributed by atoms with van der Waals surface area (Å²) in [5, 5.41) is 3.38. The smallest absolute Gasteiger partial charge is 0.341 e. The van der Waals surface area contributed by atoms with E-state index in [1.807, 2.05) is 20.8 Å². The van der Waals surface area contributed by atoms with Gasteiger partial charge in [-0.3, -0.25) is 4.79 Å². The molecule has 21 heavy (non-hydrogen) atoms. The fourth-order valence-corrected chi connectivity index (χ4v) is 3.16. The summed E-state index contributed by atoms with van der Waals surface area (Å²) in [5.74, 6) is -0.531. The van der Waals surface area contributed by atoms with Crippen LogP contribution < -0.4 is 5.32 Å². The minimum absolute atomic E-state index is 0.155. The third-order valence-electron chi connectivity index (χ3n) is 2.97. The molecule has 6 heteroatoms. The summed E-state index contributed by atoms with van der Waals surface area (Å²) in [6.07, 6.45) is 1.000. The van der Waals surface area contributed by atoms with Crippen LogP contribution in [0.2, 0.25) is 0 Å². The van der Waals surface area contributed by atoms with Gasteiger partial charge >= 0.3 is 5.97 Å². The van der Waals surface area contributed by atoms with Crippen molar-refractivity contribution in [2.45, 2.75) is 40.5 Å². The number of amides is 1. The van der Waals surface area contributed by atoms with Crippen molar-refractivity contribution in [3.63, 3.8) is 0 Å². The summed E-state index contributed by atoms with van der Waals surface area (Å²) in [5.41, 5.74) is 1.44. The highest BCUT2D eigenvalue weighted by molar-refractivity contribution is 7.16. The van der Waals surface area contributed by atoms with Crippen LogP contribution in [0.25, 0.3) is 0 Å². The van der Waals surface area contributed by atoms with Crippen LogP contribution in [0, 0.1) is 6.92 Å². The zero-order chi connectivity index (χ0) is 15.8. The van der Waals surface area contributed by atoms with Gasteiger partial charge in [0, 0.05) is 11.5 Å². The van der Waals surface area contributed by atoms with Crippen LogP contribution >= 0.6 is 11.3 Å². The van der Waals surface area contributed by atoms with Gasteiger partial charge in [0.05, 0.1) is 25.2 Å². The average Bonchev–Trinajstić information content (AvgIpc) is 2.74. The summed E-state index contributed by atoms with van der Waals surface area (Å²) in [6, 6.07) is 0. The molecule has 1 heterocycles. The van der Waals surface area contributed by atoms with Crippen molar-refractivity contribution in [2.24, 2.45) is 0 Å². The van der Waals surface area contributed by atoms with Crippen molar-refractivity contribution in [2.75, 3.05) is 25.1 Å². The Morgan fingerprint density at radius 1 is 1.19 bits per heavy atom. The first-order valence-electron chi connectivity index (χ1n) is 7.22. The third kappa shape index (κ3) is 4.82. The number of anilines is 1. The predicted octanol–water partition coefficient (Wildman–Crippen LogP) is 3.16. The molecule has 0 aliphatic heterocycles. The molecule has 1 N–H and O–H groups in total. The molecule has 5 nitrogen and oxygen atoms in total. The number of esters is 1. The van der Waals surface area contributed by atoms with Crippen LogP contribution in [0.1, 0.15) is 48.0 Å². The van der Waals surface area contributed by atoms with Gasteiger partial charge in [0.2, 0.25) is 5.91 Å². The molecule has 0 aliphatic rings. The highest BCUT2D eigenvalue weighted by Crippen LogP contribution is 2.34. The third-order valence-corrected chi connectivity index (χ3v) is 4.04. The number of nitrogens with one attached hydrogen (secondary N) is 1. The standard InChI is InChI=1S/C15H23NO4S/c1-5-11-10(4)21-14(13(11)15(18)20-7-3)16-12(17)8-9-19-6-2/h5-9H2,1-4H3,(H,16,17). The van der Waals surface area contributed by atoms with Crippen molar-refractivity contribution in [3.8, 4) is 0 Å². The molecular formula is C15H23NO4S. The van der Waals surface area contributed by atoms with E-state index in [-0.39, 0.29) is 18.3 Å². The Kier molecular flexibility index (Phi) is 7.39. The average molecular weight is 313 g/mol. The second kappa shape index (κ2) is 8.79. The summed E-state index contributed by atoms with van der Waals surface area (Å²) < 4.78 is 10.3. The molecule has 1 rings (SSSR count). The SMILES string of the molecule is CCOCCC(=O)Nc1sc(C)c(CC)c1C(=O)OCC. The summed E-state index contributed by atoms with van der Waals surface area (Å²) in [7, 11) is 0. The molecule has 1 aromatic heterocycles. The number of carbonyl (C=O) groups excluding carboxylic acids is 2. The molecule has 0 saturated heterocycles. The Morgan fingerprint density at radius 2 is 1.90 bits per heavy atom. The zero-order valence-electron chi connectivity index (χ0n) is 13.1. The number of ether oxygens (including phenoxy) is 2. The molecule has 0 aromatic carbocycles. The van der Waals surface area contributed by atoms with Gasteiger partial charge < -0.3 is 14.8 Å². The maximum Gasteiger partial charge on any atom is 0.341 e. The van der Waals surface area contributed by atoms with Gasteiger partial charge in [-0.15, -0.1) is 11.3 Å². The maximum absolute atomic E-state index is 12.1. The number of rotatable bonds is 8. The lowest BCUT2D eigenvalue weighted by atomic mass is 10.1. The van der Waals surface area contributed by atoms with E-state index in [1.165, 1.54) is 11.3 Å². The largest absolute Gasteiger partial charge is 0.462 e. The first kappa shape index (κ1) is 17.7. The molecule has 0 unspecified atom stereocenters. The van der Waals surface area contributed by atoms with Crippen LogP contribution in [0.4, 0.5) is 5.00 Å². The number of hydrogen-bond donors (Lipinski definition) is 1. The number of carbonyl (C=O) groups is 2. The summed E-state index contributed by atoms with van der Waals surface area (Å²) in [4.78, 5) is 25.0. The quantitative estimate of drug-likeness (QED) is 0.591. The van der Waals surface area contributed by atoms with Gasteiger partial charge in [-0.2, -0.15) is 0 Å². The van der Waals surface area contributed by atoms with E-state index in [9.17, 15) is 9.59 Å². The van der Waals surface area contributed by atoms with Crippen molar-refractivity contribution < 1.29 is 19.1 Å². The van der Waals surface area contributed by atoms with Gasteiger partial charge in [-0.1, -0.05) is 6.92 Å². The van der Waals surface area contributed by atoms with Crippen LogP contribution in [0.15, 0.2) is 0 Å². The van der Waals surface area contributed by atoms with Crippen LogP contribution in [-0.2, 0) is 20.7 Å². The summed E-state index contributed by atoms with van der Waals surface area (Å²) in [6.45, 7) is 8.85. The molecule has 0 saturated carbocycles. The fraction of sp³-hybridized carbons (Fsp3) is 0.600. The lowest BCUT2D eigenvalue weighted by Gasteiger charge is -2.08. The van der Waals surface area contributed by atoms with Gasteiger partial charge in [-0.25, -0.2) is 4.79 Å². The van der Waals surface area contributed by atoms with Crippen molar-refractivity contribution in [1.82, 2.24) is 0 Å². The summed E-state index contributed by atoms with van der Waals surface area (Å²) >= 11 is 1.41. The Morgan fingerprint density at radius 3 is 2.48 bits per heavy atom. The Balaban J connectivity index is 2.90. The topological polar surface area (TPSA) is 64.6 Å². The second-order valence-corrected chi connectivity index (χ2v) is 5.63. The molecule has 0 bridgehead atoms. The first-order valence-corrected chi connectivity index (χ1v) is 8.03. The zero-order valence-corrected chi connectivity index (χ0v) is 13.9. The number of hydrogen-bond acceptors (Lipinski definition) is 5. The van der Waals surface area contributed by atoms with Gasteiger partial charge in [0.25, 0.3) is 0 Å². The van der Waals surface area contributed by atoms with E-state index >= 15 is 0 Å². The fourth-order valence-electron chi connectivity index (χ4n) is 2.01. The van der Waals surface area contributed by atoms with Crippen LogP contribution in [-0.4, -0.2) is 31.7 Å². The Bertz CT molecular complexity index is 496. The van der Waals surface area contributed by atoms with E-state index in [0.717, 1.165) is 16.9 Å². The Labute approximate surface area is 129 Å². The lowest BCUT2D eigenvalue weighted by molar-refractivity contribution is -0.117. The van der Waals surface area contributed by atoms with Crippen molar-refractivity contribution in [1.29, 1.82) is 0 Å². The first-order chi connectivity index (χ1) is 10.0. The molecular weight excluding hydrogens is 290 g/mol. The molecule has 0 radical (unpaired) electrons. The minimum atomic E-state index is -0.376. The highest BCUT2D eigenvalue weighted by Gasteiger charge is 2.23. The van der Waals surface area contributed by atoms with Gasteiger partial charge in [0.1, 0.15) is 5.00 Å². The minimum Gasteiger partial charge on any atom is -0.462 e. The second-order valence-electron chi connectivity index (χ2n) is 4.41. The molecule has 0 atom stereocenters. The van der Waals surface area contributed by atoms with E-state index in [1.54, 1.807) is 6.92 Å².